The highest BCUT2D eigenvalue weighted by Gasteiger charge is 2.68. The van der Waals surface area contributed by atoms with E-state index in [9.17, 15) is 14.4 Å². The average Bonchev–Trinajstić information content (AvgIpc) is 3.24. The summed E-state index contributed by atoms with van der Waals surface area (Å²) in [5, 5.41) is 8.88. The van der Waals surface area contributed by atoms with Gasteiger partial charge in [-0.3, -0.25) is 25.0 Å². The number of imide groups is 1. The molecule has 3 heterocycles. The van der Waals surface area contributed by atoms with E-state index in [4.69, 9.17) is 0 Å². The van der Waals surface area contributed by atoms with Gasteiger partial charge in [-0.1, -0.05) is 48.0 Å². The van der Waals surface area contributed by atoms with Crippen LogP contribution in [0.3, 0.4) is 0 Å². The second-order valence-electron chi connectivity index (χ2n) is 8.06. The Hall–Kier alpha value is -2.99. The smallest absolute Gasteiger partial charge is 0.250 e. The first-order valence-electron chi connectivity index (χ1n) is 9.51. The monoisotopic (exact) mass is 375 g/mol. The molecule has 3 aliphatic heterocycles. The first kappa shape index (κ1) is 17.1. The van der Waals surface area contributed by atoms with Crippen LogP contribution in [-0.4, -0.2) is 23.8 Å². The number of aryl methyl sites for hydroxylation is 2. The van der Waals surface area contributed by atoms with Crippen LogP contribution in [-0.2, 0) is 26.3 Å². The summed E-state index contributed by atoms with van der Waals surface area (Å²) in [6.45, 7) is 3.91. The van der Waals surface area contributed by atoms with Crippen LogP contribution in [0.1, 0.15) is 22.3 Å². The van der Waals surface area contributed by atoms with Crippen molar-refractivity contribution in [2.75, 3.05) is 5.32 Å². The molecule has 0 unspecified atom stereocenters. The maximum absolute atomic E-state index is 13.2. The second-order valence-corrected chi connectivity index (χ2v) is 8.06. The summed E-state index contributed by atoms with van der Waals surface area (Å²) in [5.74, 6) is -2.26. The first-order valence-corrected chi connectivity index (χ1v) is 9.51. The Kier molecular flexibility index (Phi) is 3.52. The molecule has 0 radical (unpaired) electrons. The highest BCUT2D eigenvalue weighted by atomic mass is 16.2. The van der Waals surface area contributed by atoms with Gasteiger partial charge in [0.1, 0.15) is 5.54 Å². The lowest BCUT2D eigenvalue weighted by molar-refractivity contribution is -0.132. The van der Waals surface area contributed by atoms with Gasteiger partial charge in [0.05, 0.1) is 11.8 Å². The van der Waals surface area contributed by atoms with Gasteiger partial charge in [0.15, 0.2) is 0 Å². The van der Waals surface area contributed by atoms with Crippen molar-refractivity contribution in [2.24, 2.45) is 11.8 Å². The summed E-state index contributed by atoms with van der Waals surface area (Å²) in [6.07, 6.45) is 0.567. The lowest BCUT2D eigenvalue weighted by Gasteiger charge is -2.28. The molecule has 2 aromatic rings. The lowest BCUT2D eigenvalue weighted by atomic mass is 9.75. The van der Waals surface area contributed by atoms with E-state index in [1.165, 1.54) is 0 Å². The van der Waals surface area contributed by atoms with Crippen LogP contribution in [0.5, 0.6) is 0 Å². The third kappa shape index (κ3) is 2.15. The summed E-state index contributed by atoms with van der Waals surface area (Å²) < 4.78 is 0. The Morgan fingerprint density at radius 2 is 1.71 bits per heavy atom. The summed E-state index contributed by atoms with van der Waals surface area (Å²) in [7, 11) is 0. The second kappa shape index (κ2) is 5.75. The number of carbonyl (C=O) groups excluding carboxylic acids is 3. The predicted octanol–water partition coefficient (Wildman–Crippen LogP) is 1.55. The van der Waals surface area contributed by atoms with Gasteiger partial charge in [-0.15, -0.1) is 0 Å². The molecule has 2 fully saturated rings. The molecule has 0 aliphatic carbocycles. The third-order valence-electron chi connectivity index (χ3n) is 6.30. The molecular formula is C22H21N3O3. The predicted molar refractivity (Wildman–Crippen MR) is 103 cm³/mol. The number of amides is 3. The van der Waals surface area contributed by atoms with E-state index in [1.807, 2.05) is 56.3 Å². The van der Waals surface area contributed by atoms with Crippen molar-refractivity contribution >= 4 is 23.4 Å². The normalized spacial score (nSPS) is 30.4. The highest BCUT2D eigenvalue weighted by Crippen LogP contribution is 2.52. The fraction of sp³-hybridized carbons (Fsp3) is 0.318. The number of rotatable bonds is 2. The first-order chi connectivity index (χ1) is 13.4. The van der Waals surface area contributed by atoms with Gasteiger partial charge in [-0.05, 0) is 31.4 Å². The molecule has 0 aromatic heterocycles. The largest absolute Gasteiger partial charge is 0.324 e. The molecule has 1 spiro atoms. The summed E-state index contributed by atoms with van der Waals surface area (Å²) in [6, 6.07) is 13.5. The van der Waals surface area contributed by atoms with Gasteiger partial charge in [0, 0.05) is 17.3 Å². The van der Waals surface area contributed by atoms with Crippen molar-refractivity contribution in [3.05, 3.63) is 64.7 Å². The molecule has 2 aromatic carbocycles. The minimum atomic E-state index is -1.22. The number of hydrogen-bond acceptors (Lipinski definition) is 4. The molecule has 5 rings (SSSR count). The molecule has 3 amide bonds. The van der Waals surface area contributed by atoms with E-state index in [1.54, 1.807) is 0 Å². The van der Waals surface area contributed by atoms with Crippen molar-refractivity contribution < 1.29 is 14.4 Å². The number of nitrogens with one attached hydrogen (secondary N) is 3. The molecule has 28 heavy (non-hydrogen) atoms. The van der Waals surface area contributed by atoms with Crippen LogP contribution in [0, 0.1) is 25.7 Å². The summed E-state index contributed by atoms with van der Waals surface area (Å²) in [4.78, 5) is 38.7. The molecule has 3 aliphatic rings. The maximum atomic E-state index is 13.2. The molecule has 3 N–H and O–H groups in total. The number of fused-ring (bicyclic) bond motifs is 4. The molecule has 2 saturated heterocycles. The zero-order valence-corrected chi connectivity index (χ0v) is 15.7. The number of anilines is 1. The van der Waals surface area contributed by atoms with Gasteiger partial charge in [0.2, 0.25) is 17.7 Å². The highest BCUT2D eigenvalue weighted by molar-refractivity contribution is 6.15. The standard InChI is InChI=1S/C22H21N3O3/c1-11-8-12(2)18-14(9-11)22(21(28)23-18)17-16(19(26)24-20(17)27)15(25-22)10-13-6-4-3-5-7-13/h3-9,15-17,25H,10H2,1-2H3,(H,23,28)(H,24,26,27)/t15-,16+,17-,22-/m0/s1. The van der Waals surface area contributed by atoms with Crippen molar-refractivity contribution in [3.8, 4) is 0 Å². The minimum Gasteiger partial charge on any atom is -0.324 e. The number of hydrogen-bond donors (Lipinski definition) is 3. The van der Waals surface area contributed by atoms with Crippen molar-refractivity contribution in [3.63, 3.8) is 0 Å². The Morgan fingerprint density at radius 1 is 0.964 bits per heavy atom. The molecule has 0 bridgehead atoms. The third-order valence-corrected chi connectivity index (χ3v) is 6.30. The molecule has 4 atom stereocenters. The molecule has 6 nitrogen and oxygen atoms in total. The fourth-order valence-electron chi connectivity index (χ4n) is 5.23. The van der Waals surface area contributed by atoms with Gasteiger partial charge in [0.25, 0.3) is 0 Å². The Labute approximate surface area is 162 Å². The van der Waals surface area contributed by atoms with Crippen LogP contribution < -0.4 is 16.0 Å². The van der Waals surface area contributed by atoms with Crippen molar-refractivity contribution in [1.29, 1.82) is 0 Å². The fourth-order valence-corrected chi connectivity index (χ4v) is 5.23. The maximum Gasteiger partial charge on any atom is 0.250 e. The van der Waals surface area contributed by atoms with Crippen LogP contribution in [0.25, 0.3) is 0 Å². The number of carbonyl (C=O) groups is 3. The van der Waals surface area contributed by atoms with Gasteiger partial charge < -0.3 is 5.32 Å². The molecular weight excluding hydrogens is 354 g/mol. The SMILES string of the molecule is Cc1cc(C)c2c(c1)[C@@]1(N[C@@H](Cc3ccccc3)[C@H]3C(=O)NC(=O)[C@H]31)C(=O)N2. The van der Waals surface area contributed by atoms with E-state index in [2.05, 4.69) is 16.0 Å². The van der Waals surface area contributed by atoms with Crippen LogP contribution in [0.2, 0.25) is 0 Å². The van der Waals surface area contributed by atoms with E-state index < -0.39 is 17.4 Å². The van der Waals surface area contributed by atoms with Gasteiger partial charge >= 0.3 is 0 Å². The van der Waals surface area contributed by atoms with Gasteiger partial charge in [-0.2, -0.15) is 0 Å². The number of benzene rings is 2. The van der Waals surface area contributed by atoms with E-state index in [0.29, 0.717) is 6.42 Å². The summed E-state index contributed by atoms with van der Waals surface area (Å²) >= 11 is 0. The minimum absolute atomic E-state index is 0.258. The Bertz CT molecular complexity index is 1030. The van der Waals surface area contributed by atoms with Crippen LogP contribution >= 0.6 is 0 Å². The molecule has 6 heteroatoms. The Balaban J connectivity index is 1.66. The van der Waals surface area contributed by atoms with Crippen molar-refractivity contribution in [1.82, 2.24) is 10.6 Å². The molecule has 0 saturated carbocycles. The van der Waals surface area contributed by atoms with Crippen LogP contribution in [0.4, 0.5) is 5.69 Å². The Morgan fingerprint density at radius 3 is 2.46 bits per heavy atom. The van der Waals surface area contributed by atoms with E-state index in [0.717, 1.165) is 27.9 Å². The lowest BCUT2D eigenvalue weighted by Crippen LogP contribution is -2.53. The van der Waals surface area contributed by atoms with E-state index in [-0.39, 0.29) is 23.8 Å². The quantitative estimate of drug-likeness (QED) is 0.695. The van der Waals surface area contributed by atoms with Crippen molar-refractivity contribution in [2.45, 2.75) is 31.8 Å². The van der Waals surface area contributed by atoms with Crippen LogP contribution in [0.15, 0.2) is 42.5 Å². The zero-order valence-electron chi connectivity index (χ0n) is 15.7. The topological polar surface area (TPSA) is 87.3 Å². The average molecular weight is 375 g/mol. The zero-order chi connectivity index (χ0) is 19.6. The van der Waals surface area contributed by atoms with Gasteiger partial charge in [-0.25, -0.2) is 0 Å². The summed E-state index contributed by atoms with van der Waals surface area (Å²) in [5.41, 5.74) is 3.32. The molecule has 142 valence electrons. The van der Waals surface area contributed by atoms with E-state index >= 15 is 0 Å².